The molecular formula is C49H46BBr2NP. The van der Waals surface area contributed by atoms with Crippen molar-refractivity contribution in [3.63, 3.8) is 0 Å². The predicted molar refractivity (Wildman–Crippen MR) is 236 cm³/mol. The van der Waals surface area contributed by atoms with Gasteiger partial charge in [0.25, 0.3) is 0 Å². The molecule has 10 aliphatic rings. The summed E-state index contributed by atoms with van der Waals surface area (Å²) in [5.41, 5.74) is 19.0. The average Bonchev–Trinajstić information content (AvgIpc) is 4.09. The third-order valence-electron chi connectivity index (χ3n) is 14.8. The summed E-state index contributed by atoms with van der Waals surface area (Å²) in [6, 6.07) is 23.7. The van der Waals surface area contributed by atoms with Crippen LogP contribution in [0.4, 0.5) is 0 Å². The van der Waals surface area contributed by atoms with Crippen LogP contribution < -0.4 is 0 Å². The minimum absolute atomic E-state index is 0.810. The van der Waals surface area contributed by atoms with Gasteiger partial charge in [-0.05, 0) is 195 Å². The number of rotatable bonds is 0. The zero-order valence-corrected chi connectivity index (χ0v) is 34.8. The molecule has 0 amide bonds. The zero-order valence-electron chi connectivity index (χ0n) is 32.5. The Morgan fingerprint density at radius 3 is 1.15 bits per heavy atom. The molecule has 1 nitrogen and oxygen atoms in total. The maximum absolute atomic E-state index is 5.67. The van der Waals surface area contributed by atoms with Crippen LogP contribution in [0.3, 0.4) is 0 Å². The molecule has 9 unspecified atom stereocenters. The van der Waals surface area contributed by atoms with E-state index in [1.807, 2.05) is 0 Å². The summed E-state index contributed by atoms with van der Waals surface area (Å²) >= 11 is 7.07. The van der Waals surface area contributed by atoms with Crippen molar-refractivity contribution in [2.45, 2.75) is 68.6 Å². The number of fused-ring (bicyclic) bond motifs is 24. The average molecular weight is 853 g/mol. The first-order valence-electron chi connectivity index (χ1n) is 21.0. The van der Waals surface area contributed by atoms with E-state index in [9.17, 15) is 0 Å². The molecule has 2 saturated carbocycles. The molecular weight excluding hydrogens is 804 g/mol. The fourth-order valence-corrected chi connectivity index (χ4v) is 13.3. The van der Waals surface area contributed by atoms with Crippen molar-refractivity contribution in [2.24, 2.45) is 35.5 Å². The van der Waals surface area contributed by atoms with Crippen LogP contribution in [0.2, 0.25) is 1.41 Å². The second kappa shape index (κ2) is 13.6. The standard InChI is InChI=1S/C28H24.C14H10Br2.C7H8.BHN.H3P/c1-2-14-10-22-24(28-18-6-4-16(8-18)26(22)28)12-20(14)19-11-23-21(9-13(1)19)25-15-3-5-17(7-15)27(23)25;15-11-3-5-13-9(7-11)1-2-10-8-12(16)4-6-14(10)13;1-2-7-4-3-6(1)5-7;1-2;/h3-6,9-12,15-18,25-28H,1-2,7-8H2;3-8H,1-2H2;1-4,6-7H,5H2;2H;1H3/i;;;2D;1D. The third-order valence-corrected chi connectivity index (χ3v) is 15.8. The number of allylic oxidation sites excluding steroid dienone is 8. The van der Waals surface area contributed by atoms with Crippen LogP contribution in [0.15, 0.2) is 118 Å². The van der Waals surface area contributed by atoms with Gasteiger partial charge in [-0.15, -0.1) is 0 Å². The van der Waals surface area contributed by atoms with Crippen LogP contribution in [0.25, 0.3) is 22.3 Å². The molecule has 54 heavy (non-hydrogen) atoms. The molecule has 0 aromatic heterocycles. The Hall–Kier alpha value is -2.91. The van der Waals surface area contributed by atoms with Crippen LogP contribution in [-0.2, 0) is 25.7 Å². The van der Waals surface area contributed by atoms with E-state index in [2.05, 4.69) is 154 Å². The normalized spacial score (nSPS) is 32.1. The number of aryl methyl sites for hydroxylation is 4. The van der Waals surface area contributed by atoms with Gasteiger partial charge < -0.3 is 0 Å². The second-order valence-corrected chi connectivity index (χ2v) is 19.0. The second-order valence-electron chi connectivity index (χ2n) is 17.2. The molecule has 14 rings (SSSR count). The summed E-state index contributed by atoms with van der Waals surface area (Å²) < 4.78 is 13.6. The number of hydrogen-bond acceptors (Lipinski definition) is 1. The minimum atomic E-state index is 0.810. The molecule has 4 aromatic rings. The van der Waals surface area contributed by atoms with Gasteiger partial charge in [0.05, 0.1) is 1.28 Å². The molecule has 0 spiro atoms. The van der Waals surface area contributed by atoms with Crippen molar-refractivity contribution in [1.29, 1.82) is 6.58 Å². The number of benzene rings is 4. The molecule has 0 heterocycles. The Kier molecular flexibility index (Phi) is 8.40. The Balaban J connectivity index is 0.000000116. The van der Waals surface area contributed by atoms with Gasteiger partial charge in [-0.3, -0.25) is 0 Å². The van der Waals surface area contributed by atoms with Gasteiger partial charge in [0.2, 0.25) is 0 Å². The number of halogens is 2. The first-order valence-corrected chi connectivity index (χ1v) is 21.5. The van der Waals surface area contributed by atoms with E-state index >= 15 is 0 Å². The van der Waals surface area contributed by atoms with Crippen LogP contribution in [0.1, 0.15) is 87.4 Å². The summed E-state index contributed by atoms with van der Waals surface area (Å²) in [6.45, 7) is 0. The van der Waals surface area contributed by atoms with E-state index in [1.54, 1.807) is 54.4 Å². The maximum Gasteiger partial charge on any atom is 0.0511 e. The van der Waals surface area contributed by atoms with Gasteiger partial charge in [-0.2, -0.15) is 9.84 Å². The Morgan fingerprint density at radius 1 is 0.481 bits per heavy atom. The van der Waals surface area contributed by atoms with Gasteiger partial charge >= 0.3 is 14.4 Å². The van der Waals surface area contributed by atoms with Crippen molar-refractivity contribution in [2.75, 3.05) is 0 Å². The van der Waals surface area contributed by atoms with Crippen LogP contribution >= 0.6 is 41.7 Å². The Bertz CT molecular complexity index is 2210. The molecule has 10 aliphatic carbocycles. The summed E-state index contributed by atoms with van der Waals surface area (Å²) in [7, 11) is 5.81. The molecule has 6 bridgehead atoms. The predicted octanol–water partition coefficient (Wildman–Crippen LogP) is 12.9. The molecule has 0 aliphatic heterocycles. The van der Waals surface area contributed by atoms with Crippen LogP contribution in [0.5, 0.6) is 0 Å². The molecule has 2 fully saturated rings. The smallest absolute Gasteiger partial charge is 0.0511 e. The monoisotopic (exact) mass is 850 g/mol. The van der Waals surface area contributed by atoms with Gasteiger partial charge in [-0.1, -0.05) is 117 Å². The van der Waals surface area contributed by atoms with Crippen molar-refractivity contribution in [3.8, 4) is 22.3 Å². The first-order chi connectivity index (χ1) is 27.4. The van der Waals surface area contributed by atoms with Gasteiger partial charge in [0.1, 0.15) is 0 Å². The van der Waals surface area contributed by atoms with Crippen LogP contribution in [0, 0.1) is 40.8 Å². The largest absolute Gasteiger partial charge is 0.153 e. The van der Waals surface area contributed by atoms with E-state index in [4.69, 9.17) is 2.69 Å². The van der Waals surface area contributed by atoms with Crippen molar-refractivity contribution in [3.05, 3.63) is 163 Å². The fraction of sp³-hybridized carbons (Fsp3) is 0.347. The van der Waals surface area contributed by atoms with Crippen molar-refractivity contribution < 1.29 is 1.41 Å². The fourth-order valence-electron chi connectivity index (χ4n) is 12.5. The van der Waals surface area contributed by atoms with E-state index in [1.165, 1.54) is 63.3 Å². The van der Waals surface area contributed by atoms with E-state index in [0.29, 0.717) is 0 Å². The van der Waals surface area contributed by atoms with Gasteiger partial charge in [0, 0.05) is 8.95 Å². The summed E-state index contributed by atoms with van der Waals surface area (Å²) in [5.74, 6) is 8.38. The SMILES string of the molecule is Brc1ccc2c(c1)CCc1cc(Br)ccc1-2.C1=CC2C=CC1C2.C1=CC2CC1C1c3cc4c(cc3C21)-c1cc2c(cc1CC4)C1C3C=CC(C3)C21.[2H]N=[B].[2H]P. The summed E-state index contributed by atoms with van der Waals surface area (Å²) in [5, 5.41) is 2.25. The first kappa shape index (κ1) is 33.3. The topological polar surface area (TPSA) is 23.9 Å². The van der Waals surface area contributed by atoms with Gasteiger partial charge in [-0.25, -0.2) is 0 Å². The molecule has 269 valence electrons. The van der Waals surface area contributed by atoms with Gasteiger partial charge in [0.15, 0.2) is 0 Å². The summed E-state index contributed by atoms with van der Waals surface area (Å²) in [6.07, 6.45) is 28.2. The quantitative estimate of drug-likeness (QED) is 0.104. The minimum Gasteiger partial charge on any atom is -0.153 e. The number of hydrogen-bond donors (Lipinski definition) is 1. The van der Waals surface area contributed by atoms with E-state index in [-0.39, 0.29) is 0 Å². The number of nitrogens with one attached hydrogen (secondary N) is 1. The molecule has 0 saturated heterocycles. The van der Waals surface area contributed by atoms with Crippen molar-refractivity contribution in [1.82, 2.24) is 0 Å². The molecule has 1 N–H and O–H groups in total. The van der Waals surface area contributed by atoms with E-state index in [0.717, 1.165) is 72.0 Å². The molecule has 4 aromatic carbocycles. The Labute approximate surface area is 344 Å². The third kappa shape index (κ3) is 5.39. The van der Waals surface area contributed by atoms with Crippen LogP contribution in [-0.4, -0.2) is 8.92 Å². The zero-order chi connectivity index (χ0) is 38.2. The maximum atomic E-state index is 5.67. The molecule has 1 radical (unpaired) electrons. The van der Waals surface area contributed by atoms with E-state index < -0.39 is 0 Å². The Morgan fingerprint density at radius 2 is 0.815 bits per heavy atom. The molecule has 9 atom stereocenters. The summed E-state index contributed by atoms with van der Waals surface area (Å²) in [4.78, 5) is 0. The van der Waals surface area contributed by atoms with Crippen molar-refractivity contribution >= 4 is 49.3 Å². The molecule has 5 heteroatoms.